The zero-order valence-corrected chi connectivity index (χ0v) is 20.9. The molecule has 0 spiro atoms. The Morgan fingerprint density at radius 2 is 2.03 bits per heavy atom. The number of aryl methyl sites for hydroxylation is 2. The van der Waals surface area contributed by atoms with Gasteiger partial charge in [0.25, 0.3) is 0 Å². The van der Waals surface area contributed by atoms with E-state index in [2.05, 4.69) is 31.6 Å². The lowest BCUT2D eigenvalue weighted by Gasteiger charge is -2.35. The van der Waals surface area contributed by atoms with Crippen molar-refractivity contribution in [2.24, 2.45) is 4.99 Å². The topological polar surface area (TPSA) is 74.9 Å². The highest BCUT2D eigenvalue weighted by Crippen LogP contribution is 2.24. The van der Waals surface area contributed by atoms with Gasteiger partial charge in [-0.15, -0.1) is 24.0 Å². The monoisotopic (exact) mass is 547 g/mol. The molecule has 0 amide bonds. The first-order chi connectivity index (χ1) is 14.1. The summed E-state index contributed by atoms with van der Waals surface area (Å²) >= 11 is 6.26. The van der Waals surface area contributed by atoms with Crippen LogP contribution in [0, 0.1) is 13.8 Å². The Bertz CT molecular complexity index is 804. The molecular weight excluding hydrogens is 517 g/mol. The minimum Gasteiger partial charge on any atom is -0.444 e. The molecule has 1 atom stereocenters. The van der Waals surface area contributed by atoms with Gasteiger partial charge in [0.15, 0.2) is 5.96 Å². The van der Waals surface area contributed by atoms with E-state index in [0.29, 0.717) is 19.0 Å². The molecule has 0 saturated carbocycles. The molecule has 0 aliphatic carbocycles. The van der Waals surface area contributed by atoms with Gasteiger partial charge in [-0.1, -0.05) is 23.7 Å². The van der Waals surface area contributed by atoms with Crippen LogP contribution in [0.5, 0.6) is 0 Å². The number of aromatic nitrogens is 1. The summed E-state index contributed by atoms with van der Waals surface area (Å²) in [5.41, 5.74) is 2.09. The summed E-state index contributed by atoms with van der Waals surface area (Å²) in [6, 6.07) is 8.23. The molecule has 166 valence electrons. The molecule has 3 rings (SSSR count). The molecule has 30 heavy (non-hydrogen) atoms. The van der Waals surface area contributed by atoms with E-state index in [9.17, 15) is 0 Å². The van der Waals surface area contributed by atoms with Gasteiger partial charge >= 0.3 is 0 Å². The molecule has 0 bridgehead atoms. The van der Waals surface area contributed by atoms with E-state index in [4.69, 9.17) is 20.8 Å². The van der Waals surface area contributed by atoms with Crippen molar-refractivity contribution in [2.45, 2.75) is 33.4 Å². The van der Waals surface area contributed by atoms with Crippen LogP contribution in [0.1, 0.15) is 35.9 Å². The van der Waals surface area contributed by atoms with Gasteiger partial charge in [0.05, 0.1) is 24.9 Å². The van der Waals surface area contributed by atoms with Crippen LogP contribution in [0.25, 0.3) is 0 Å². The van der Waals surface area contributed by atoms with Gasteiger partial charge in [-0.2, -0.15) is 0 Å². The number of nitrogens with one attached hydrogen (secondary N) is 2. The standard InChI is InChI=1S/C21H30ClN5O2.HI/c1-4-23-21(25-14-20-26-15(2)16(3)29-20)24-13-19(27-8-10-28-11-9-27)17-6-5-7-18(22)12-17;/h5-7,12,19H,4,8-11,13-14H2,1-3H3,(H2,23,24,25);1H. The van der Waals surface area contributed by atoms with E-state index >= 15 is 0 Å². The van der Waals surface area contributed by atoms with Crippen molar-refractivity contribution in [1.82, 2.24) is 20.5 Å². The van der Waals surface area contributed by atoms with Crippen LogP contribution in [0.2, 0.25) is 5.02 Å². The third-order valence-electron chi connectivity index (χ3n) is 4.97. The third-order valence-corrected chi connectivity index (χ3v) is 5.21. The predicted octanol–water partition coefficient (Wildman–Crippen LogP) is 3.69. The van der Waals surface area contributed by atoms with Crippen molar-refractivity contribution < 1.29 is 9.15 Å². The van der Waals surface area contributed by atoms with Gasteiger partial charge in [0.2, 0.25) is 5.89 Å². The fraction of sp³-hybridized carbons (Fsp3) is 0.524. The summed E-state index contributed by atoms with van der Waals surface area (Å²) in [5, 5.41) is 7.51. The Morgan fingerprint density at radius 3 is 2.67 bits per heavy atom. The van der Waals surface area contributed by atoms with Crippen molar-refractivity contribution in [1.29, 1.82) is 0 Å². The van der Waals surface area contributed by atoms with E-state index in [0.717, 1.165) is 55.3 Å². The normalized spacial score (nSPS) is 16.1. The summed E-state index contributed by atoms with van der Waals surface area (Å²) in [6.45, 7) is 11.0. The van der Waals surface area contributed by atoms with Crippen LogP contribution >= 0.6 is 35.6 Å². The third kappa shape index (κ3) is 7.11. The Hall–Kier alpha value is -1.36. The van der Waals surface area contributed by atoms with Crippen molar-refractivity contribution in [3.05, 3.63) is 52.2 Å². The average molecular weight is 548 g/mol. The maximum Gasteiger partial charge on any atom is 0.216 e. The molecule has 1 saturated heterocycles. The van der Waals surface area contributed by atoms with Crippen LogP contribution in [-0.4, -0.2) is 55.2 Å². The summed E-state index contributed by atoms with van der Waals surface area (Å²) in [4.78, 5) is 11.5. The van der Waals surface area contributed by atoms with Crippen molar-refractivity contribution in [3.8, 4) is 0 Å². The van der Waals surface area contributed by atoms with Crippen LogP contribution in [0.15, 0.2) is 33.7 Å². The van der Waals surface area contributed by atoms with Gasteiger partial charge in [0.1, 0.15) is 12.3 Å². The lowest BCUT2D eigenvalue weighted by molar-refractivity contribution is 0.0170. The minimum atomic E-state index is 0. The van der Waals surface area contributed by atoms with Crippen LogP contribution in [0.4, 0.5) is 0 Å². The zero-order chi connectivity index (χ0) is 20.6. The fourth-order valence-corrected chi connectivity index (χ4v) is 3.55. The first kappa shape index (κ1) is 24.9. The number of oxazole rings is 1. The van der Waals surface area contributed by atoms with Gasteiger partial charge in [-0.25, -0.2) is 9.98 Å². The second-order valence-corrected chi connectivity index (χ2v) is 7.48. The highest BCUT2D eigenvalue weighted by Gasteiger charge is 2.23. The lowest BCUT2D eigenvalue weighted by Crippen LogP contribution is -2.46. The molecule has 2 aromatic rings. The average Bonchev–Trinajstić information content (AvgIpc) is 3.04. The number of benzene rings is 1. The quantitative estimate of drug-likeness (QED) is 0.313. The molecule has 2 heterocycles. The van der Waals surface area contributed by atoms with Gasteiger partial charge in [-0.3, -0.25) is 4.90 Å². The molecule has 2 N–H and O–H groups in total. The number of aliphatic imine (C=N–C) groups is 1. The number of morpholine rings is 1. The molecule has 7 nitrogen and oxygen atoms in total. The number of rotatable bonds is 7. The Kier molecular flexibility index (Phi) is 10.4. The number of hydrogen-bond acceptors (Lipinski definition) is 5. The zero-order valence-electron chi connectivity index (χ0n) is 17.8. The second-order valence-electron chi connectivity index (χ2n) is 7.04. The van der Waals surface area contributed by atoms with Crippen LogP contribution in [0.3, 0.4) is 0 Å². The fourth-order valence-electron chi connectivity index (χ4n) is 3.35. The lowest BCUT2D eigenvalue weighted by atomic mass is 10.0. The molecular formula is C21H31ClIN5O2. The highest BCUT2D eigenvalue weighted by atomic mass is 127. The highest BCUT2D eigenvalue weighted by molar-refractivity contribution is 14.0. The summed E-state index contributed by atoms with van der Waals surface area (Å²) in [5.74, 6) is 2.19. The Labute approximate surface area is 200 Å². The number of guanidine groups is 1. The van der Waals surface area contributed by atoms with Crippen LogP contribution in [-0.2, 0) is 11.3 Å². The number of hydrogen-bond donors (Lipinski definition) is 2. The van der Waals surface area contributed by atoms with Gasteiger partial charge < -0.3 is 19.8 Å². The van der Waals surface area contributed by atoms with Crippen LogP contribution < -0.4 is 10.6 Å². The van der Waals surface area contributed by atoms with E-state index in [1.165, 1.54) is 5.56 Å². The first-order valence-corrected chi connectivity index (χ1v) is 10.5. The largest absolute Gasteiger partial charge is 0.444 e. The van der Waals surface area contributed by atoms with E-state index in [1.54, 1.807) is 0 Å². The SMILES string of the molecule is CCNC(=NCc1nc(C)c(C)o1)NCC(c1cccc(Cl)c1)N1CCOCC1.I. The molecule has 9 heteroatoms. The Balaban J connectivity index is 0.00000320. The molecule has 1 aliphatic rings. The van der Waals surface area contributed by atoms with E-state index in [-0.39, 0.29) is 30.0 Å². The minimum absolute atomic E-state index is 0. The summed E-state index contributed by atoms with van der Waals surface area (Å²) < 4.78 is 11.2. The second kappa shape index (κ2) is 12.5. The first-order valence-electron chi connectivity index (χ1n) is 10.1. The maximum atomic E-state index is 6.26. The number of halogens is 2. The maximum absolute atomic E-state index is 6.26. The molecule has 1 aliphatic heterocycles. The molecule has 1 unspecified atom stereocenters. The van der Waals surface area contributed by atoms with Crippen molar-refractivity contribution >= 4 is 41.5 Å². The molecule has 1 aromatic heterocycles. The Morgan fingerprint density at radius 1 is 1.27 bits per heavy atom. The van der Waals surface area contributed by atoms with Crippen molar-refractivity contribution in [3.63, 3.8) is 0 Å². The van der Waals surface area contributed by atoms with Crippen molar-refractivity contribution in [2.75, 3.05) is 39.4 Å². The smallest absolute Gasteiger partial charge is 0.216 e. The number of nitrogens with zero attached hydrogens (tertiary/aromatic N) is 3. The molecule has 1 aromatic carbocycles. The predicted molar refractivity (Wildman–Crippen MR) is 131 cm³/mol. The van der Waals surface area contributed by atoms with E-state index in [1.807, 2.05) is 39.0 Å². The summed E-state index contributed by atoms with van der Waals surface area (Å²) in [7, 11) is 0. The van der Waals surface area contributed by atoms with E-state index < -0.39 is 0 Å². The molecule has 1 fully saturated rings. The molecule has 0 radical (unpaired) electrons. The summed E-state index contributed by atoms with van der Waals surface area (Å²) in [6.07, 6.45) is 0. The van der Waals surface area contributed by atoms with Gasteiger partial charge in [0, 0.05) is 31.2 Å². The number of ether oxygens (including phenoxy) is 1. The van der Waals surface area contributed by atoms with Gasteiger partial charge in [-0.05, 0) is 38.5 Å².